The van der Waals surface area contributed by atoms with Gasteiger partial charge in [0.25, 0.3) is 11.8 Å². The summed E-state index contributed by atoms with van der Waals surface area (Å²) >= 11 is 7.29. The number of rotatable bonds is 5. The molecule has 128 valence electrons. The van der Waals surface area contributed by atoms with Crippen LogP contribution in [0.15, 0.2) is 30.3 Å². The van der Waals surface area contributed by atoms with Gasteiger partial charge >= 0.3 is 0 Å². The Morgan fingerprint density at radius 2 is 2.04 bits per heavy atom. The van der Waals surface area contributed by atoms with Crippen LogP contribution in [0.3, 0.4) is 0 Å². The van der Waals surface area contributed by atoms with Crippen molar-refractivity contribution in [2.75, 3.05) is 0 Å². The summed E-state index contributed by atoms with van der Waals surface area (Å²) in [6.07, 6.45) is 0.0979. The number of hydrogen-bond acceptors (Lipinski definition) is 4. The summed E-state index contributed by atoms with van der Waals surface area (Å²) in [5.74, 6) is -0.309. The van der Waals surface area contributed by atoms with Crippen LogP contribution < -0.4 is 15.6 Å². The number of carbonyl (C=O) groups is 2. The number of aryl methyl sites for hydroxylation is 2. The molecule has 0 saturated heterocycles. The Bertz CT molecular complexity index is 745. The monoisotopic (exact) mass is 366 g/mol. The van der Waals surface area contributed by atoms with Crippen LogP contribution >= 0.6 is 22.9 Å². The fourth-order valence-electron chi connectivity index (χ4n) is 2.06. The van der Waals surface area contributed by atoms with Gasteiger partial charge in [-0.25, -0.2) is 0 Å². The van der Waals surface area contributed by atoms with Crippen molar-refractivity contribution >= 4 is 34.8 Å². The molecule has 1 aromatic carbocycles. The lowest BCUT2D eigenvalue weighted by Crippen LogP contribution is -2.47. The van der Waals surface area contributed by atoms with Crippen LogP contribution in [-0.4, -0.2) is 17.9 Å². The van der Waals surface area contributed by atoms with Crippen LogP contribution in [0, 0.1) is 6.92 Å². The number of nitrogens with one attached hydrogen (secondary N) is 2. The number of halogens is 1. The second-order valence-electron chi connectivity index (χ2n) is 5.23. The van der Waals surface area contributed by atoms with Crippen LogP contribution in [0.5, 0.6) is 5.75 Å². The van der Waals surface area contributed by atoms with Gasteiger partial charge in [0.05, 0.1) is 4.88 Å². The number of thiophene rings is 1. The minimum absolute atomic E-state index is 0.342. The highest BCUT2D eigenvalue weighted by Gasteiger charge is 2.17. The van der Waals surface area contributed by atoms with Crippen LogP contribution in [0.25, 0.3) is 0 Å². The highest BCUT2D eigenvalue weighted by atomic mass is 35.5. The fourth-order valence-corrected chi connectivity index (χ4v) is 3.25. The average molecular weight is 367 g/mol. The number of hydrogen-bond donors (Lipinski definition) is 2. The summed E-state index contributed by atoms with van der Waals surface area (Å²) in [6.45, 7) is 5.59. The lowest BCUT2D eigenvalue weighted by atomic mass is 10.2. The molecule has 5 nitrogen and oxygen atoms in total. The van der Waals surface area contributed by atoms with E-state index in [2.05, 4.69) is 10.9 Å². The van der Waals surface area contributed by atoms with Crippen LogP contribution in [-0.2, 0) is 11.2 Å². The van der Waals surface area contributed by atoms with E-state index in [1.807, 2.05) is 19.9 Å². The van der Waals surface area contributed by atoms with Crippen molar-refractivity contribution < 1.29 is 14.3 Å². The maximum atomic E-state index is 12.1. The molecule has 0 radical (unpaired) electrons. The van der Waals surface area contributed by atoms with E-state index < -0.39 is 12.0 Å². The van der Waals surface area contributed by atoms with Crippen LogP contribution in [0.1, 0.15) is 34.0 Å². The number of carbonyl (C=O) groups excluding carboxylic acids is 2. The molecule has 2 aromatic rings. The Kier molecular flexibility index (Phi) is 6.23. The van der Waals surface area contributed by atoms with E-state index in [4.69, 9.17) is 16.3 Å². The minimum Gasteiger partial charge on any atom is -0.481 e. The molecule has 2 amide bonds. The van der Waals surface area contributed by atoms with Crippen molar-refractivity contribution in [3.63, 3.8) is 0 Å². The molecule has 0 spiro atoms. The number of amides is 2. The SMILES string of the molecule is CCc1sc(C(=O)NNC(=O)C(C)Oc2cccc(Cl)c2)cc1C. The number of hydrazine groups is 1. The van der Waals surface area contributed by atoms with Crippen molar-refractivity contribution in [2.45, 2.75) is 33.3 Å². The van der Waals surface area contributed by atoms with Crippen LogP contribution in [0.4, 0.5) is 0 Å². The van der Waals surface area contributed by atoms with Gasteiger partial charge in [-0.2, -0.15) is 0 Å². The summed E-state index contributed by atoms with van der Waals surface area (Å²) in [5, 5.41) is 0.521. The third-order valence-corrected chi connectivity index (χ3v) is 4.96. The zero-order valence-corrected chi connectivity index (χ0v) is 15.3. The Hall–Kier alpha value is -2.05. The van der Waals surface area contributed by atoms with E-state index >= 15 is 0 Å². The van der Waals surface area contributed by atoms with Gasteiger partial charge in [0.1, 0.15) is 5.75 Å². The molecule has 2 N–H and O–H groups in total. The number of benzene rings is 1. The topological polar surface area (TPSA) is 67.4 Å². The van der Waals surface area contributed by atoms with Gasteiger partial charge < -0.3 is 4.74 Å². The minimum atomic E-state index is -0.778. The van der Waals surface area contributed by atoms with E-state index in [9.17, 15) is 9.59 Å². The molecule has 0 aliphatic heterocycles. The molecular formula is C17H19ClN2O3S. The average Bonchev–Trinajstić information content (AvgIpc) is 2.93. The molecule has 0 aliphatic rings. The summed E-state index contributed by atoms with van der Waals surface area (Å²) in [4.78, 5) is 25.8. The molecule has 1 atom stereocenters. The third-order valence-electron chi connectivity index (χ3n) is 3.34. The van der Waals surface area contributed by atoms with Gasteiger partial charge in [0, 0.05) is 9.90 Å². The van der Waals surface area contributed by atoms with Gasteiger partial charge in [-0.05, 0) is 50.1 Å². The molecule has 0 fully saturated rings. The van der Waals surface area contributed by atoms with E-state index in [1.54, 1.807) is 31.2 Å². The summed E-state index contributed by atoms with van der Waals surface area (Å²) in [5.41, 5.74) is 5.86. The Morgan fingerprint density at radius 1 is 1.29 bits per heavy atom. The van der Waals surface area contributed by atoms with Gasteiger partial charge in [-0.3, -0.25) is 20.4 Å². The molecule has 0 aliphatic carbocycles. The highest BCUT2D eigenvalue weighted by molar-refractivity contribution is 7.14. The zero-order chi connectivity index (χ0) is 17.7. The fraction of sp³-hybridized carbons (Fsp3) is 0.294. The first-order valence-corrected chi connectivity index (χ1v) is 8.72. The summed E-state index contributed by atoms with van der Waals surface area (Å²) in [6, 6.07) is 8.58. The van der Waals surface area contributed by atoms with Gasteiger partial charge in [0.2, 0.25) is 0 Å². The molecule has 7 heteroatoms. The Morgan fingerprint density at radius 3 is 2.67 bits per heavy atom. The van der Waals surface area contributed by atoms with Crippen molar-refractivity contribution in [1.29, 1.82) is 0 Å². The van der Waals surface area contributed by atoms with Gasteiger partial charge in [-0.15, -0.1) is 11.3 Å². The normalized spacial score (nSPS) is 11.7. The predicted octanol–water partition coefficient (Wildman–Crippen LogP) is 3.50. The summed E-state index contributed by atoms with van der Waals surface area (Å²) < 4.78 is 5.49. The van der Waals surface area contributed by atoms with E-state index in [0.29, 0.717) is 15.6 Å². The van der Waals surface area contributed by atoms with E-state index in [1.165, 1.54) is 11.3 Å². The molecule has 0 bridgehead atoms. The Labute approximate surface area is 149 Å². The molecule has 0 saturated carbocycles. The molecule has 1 aromatic heterocycles. The quantitative estimate of drug-likeness (QED) is 0.796. The lowest BCUT2D eigenvalue weighted by molar-refractivity contribution is -0.128. The van der Waals surface area contributed by atoms with Gasteiger partial charge in [0.15, 0.2) is 6.10 Å². The van der Waals surface area contributed by atoms with E-state index in [-0.39, 0.29) is 5.91 Å². The molecular weight excluding hydrogens is 348 g/mol. The largest absolute Gasteiger partial charge is 0.481 e. The van der Waals surface area contributed by atoms with E-state index in [0.717, 1.165) is 16.9 Å². The highest BCUT2D eigenvalue weighted by Crippen LogP contribution is 2.22. The zero-order valence-electron chi connectivity index (χ0n) is 13.7. The van der Waals surface area contributed by atoms with Gasteiger partial charge in [-0.1, -0.05) is 24.6 Å². The predicted molar refractivity (Wildman–Crippen MR) is 95.6 cm³/mol. The second-order valence-corrected chi connectivity index (χ2v) is 6.80. The third kappa shape index (κ3) is 4.72. The molecule has 24 heavy (non-hydrogen) atoms. The maximum Gasteiger partial charge on any atom is 0.279 e. The van der Waals surface area contributed by atoms with Crippen molar-refractivity contribution in [3.8, 4) is 5.75 Å². The molecule has 2 rings (SSSR count). The molecule has 1 heterocycles. The standard InChI is InChI=1S/C17H19ClN2O3S/c1-4-14-10(2)8-15(24-14)17(22)20-19-16(21)11(3)23-13-7-5-6-12(18)9-13/h5-9,11H,4H2,1-3H3,(H,19,21)(H,20,22). The van der Waals surface area contributed by atoms with Crippen LogP contribution in [0.2, 0.25) is 5.02 Å². The Balaban J connectivity index is 1.88. The number of ether oxygens (including phenoxy) is 1. The smallest absolute Gasteiger partial charge is 0.279 e. The lowest BCUT2D eigenvalue weighted by Gasteiger charge is -2.15. The first kappa shape index (κ1) is 18.3. The van der Waals surface area contributed by atoms with Crippen molar-refractivity contribution in [1.82, 2.24) is 10.9 Å². The first-order chi connectivity index (χ1) is 11.4. The summed E-state index contributed by atoms with van der Waals surface area (Å²) in [7, 11) is 0. The molecule has 1 unspecified atom stereocenters. The van der Waals surface area contributed by atoms with Crippen molar-refractivity contribution in [2.24, 2.45) is 0 Å². The first-order valence-electron chi connectivity index (χ1n) is 7.52. The second kappa shape index (κ2) is 8.17. The van der Waals surface area contributed by atoms with Crippen molar-refractivity contribution in [3.05, 3.63) is 50.7 Å². The maximum absolute atomic E-state index is 12.1.